The topological polar surface area (TPSA) is 53.6 Å². The van der Waals surface area contributed by atoms with Crippen molar-refractivity contribution in [3.8, 4) is 5.75 Å². The highest BCUT2D eigenvalue weighted by molar-refractivity contribution is 5.89. The van der Waals surface area contributed by atoms with Gasteiger partial charge in [-0.25, -0.2) is 4.79 Å². The molecular weight excluding hydrogens is 290 g/mol. The Morgan fingerprint density at radius 3 is 2.74 bits per heavy atom. The Morgan fingerprint density at radius 1 is 1.35 bits per heavy atom. The van der Waals surface area contributed by atoms with Crippen molar-refractivity contribution in [2.75, 3.05) is 31.5 Å². The zero-order chi connectivity index (χ0) is 16.7. The zero-order valence-electron chi connectivity index (χ0n) is 14.5. The molecule has 23 heavy (non-hydrogen) atoms. The molecule has 1 fully saturated rings. The van der Waals surface area contributed by atoms with Gasteiger partial charge in [-0.15, -0.1) is 0 Å². The van der Waals surface area contributed by atoms with E-state index in [-0.39, 0.29) is 12.1 Å². The number of nitrogens with one attached hydrogen (secondary N) is 2. The van der Waals surface area contributed by atoms with E-state index in [1.165, 1.54) is 12.8 Å². The second-order valence-electron chi connectivity index (χ2n) is 6.48. The minimum atomic E-state index is -0.142. The summed E-state index contributed by atoms with van der Waals surface area (Å²) in [4.78, 5) is 14.4. The molecule has 5 heteroatoms. The van der Waals surface area contributed by atoms with Crippen LogP contribution in [0.1, 0.15) is 33.6 Å². The number of hydrogen-bond donors (Lipinski definition) is 2. The molecule has 1 atom stereocenters. The van der Waals surface area contributed by atoms with Crippen LogP contribution in [0, 0.1) is 5.92 Å². The van der Waals surface area contributed by atoms with E-state index in [9.17, 15) is 4.79 Å². The first kappa shape index (κ1) is 17.6. The molecule has 128 valence electrons. The summed E-state index contributed by atoms with van der Waals surface area (Å²) < 4.78 is 5.59. The molecule has 1 aromatic carbocycles. The monoisotopic (exact) mass is 319 g/mol. The Bertz CT molecular complexity index is 488. The fourth-order valence-corrected chi connectivity index (χ4v) is 2.90. The van der Waals surface area contributed by atoms with Crippen molar-refractivity contribution in [1.29, 1.82) is 0 Å². The Kier molecular flexibility index (Phi) is 6.71. The third-order valence-corrected chi connectivity index (χ3v) is 3.95. The SMILES string of the molecule is CCCN1CC[C@@H](CNC(=O)Nc2ccc(OC(C)C)cc2)C1. The van der Waals surface area contributed by atoms with Gasteiger partial charge in [0.05, 0.1) is 6.10 Å². The summed E-state index contributed by atoms with van der Waals surface area (Å²) in [5.41, 5.74) is 0.776. The number of ether oxygens (including phenoxy) is 1. The summed E-state index contributed by atoms with van der Waals surface area (Å²) in [6, 6.07) is 7.31. The fraction of sp³-hybridized carbons (Fsp3) is 0.611. The molecule has 2 N–H and O–H groups in total. The fourth-order valence-electron chi connectivity index (χ4n) is 2.90. The maximum atomic E-state index is 12.0. The summed E-state index contributed by atoms with van der Waals surface area (Å²) in [7, 11) is 0. The van der Waals surface area contributed by atoms with Gasteiger partial charge in [0, 0.05) is 18.8 Å². The number of amides is 2. The number of urea groups is 1. The number of likely N-dealkylation sites (tertiary alicyclic amines) is 1. The highest BCUT2D eigenvalue weighted by Crippen LogP contribution is 2.17. The lowest BCUT2D eigenvalue weighted by molar-refractivity contribution is 0.242. The van der Waals surface area contributed by atoms with Gasteiger partial charge in [-0.05, 0) is 70.0 Å². The largest absolute Gasteiger partial charge is 0.491 e. The Balaban J connectivity index is 1.70. The number of benzene rings is 1. The predicted molar refractivity (Wildman–Crippen MR) is 94.1 cm³/mol. The van der Waals surface area contributed by atoms with Crippen LogP contribution in [0.2, 0.25) is 0 Å². The van der Waals surface area contributed by atoms with E-state index in [4.69, 9.17) is 4.74 Å². The van der Waals surface area contributed by atoms with E-state index < -0.39 is 0 Å². The molecule has 1 aromatic rings. The summed E-state index contributed by atoms with van der Waals surface area (Å²) in [6.07, 6.45) is 2.51. The summed E-state index contributed by atoms with van der Waals surface area (Å²) in [6.45, 7) is 10.3. The van der Waals surface area contributed by atoms with Crippen molar-refractivity contribution < 1.29 is 9.53 Å². The maximum Gasteiger partial charge on any atom is 0.319 e. The predicted octanol–water partition coefficient (Wildman–Crippen LogP) is 3.33. The summed E-state index contributed by atoms with van der Waals surface area (Å²) >= 11 is 0. The normalized spacial score (nSPS) is 18.2. The van der Waals surface area contributed by atoms with Crippen molar-refractivity contribution in [2.45, 2.75) is 39.7 Å². The van der Waals surface area contributed by atoms with Crippen LogP contribution in [-0.4, -0.2) is 43.2 Å². The van der Waals surface area contributed by atoms with Crippen LogP contribution in [0.15, 0.2) is 24.3 Å². The second-order valence-corrected chi connectivity index (χ2v) is 6.48. The molecular formula is C18H29N3O2. The van der Waals surface area contributed by atoms with Crippen LogP contribution in [0.4, 0.5) is 10.5 Å². The van der Waals surface area contributed by atoms with E-state index in [0.29, 0.717) is 5.92 Å². The highest BCUT2D eigenvalue weighted by Gasteiger charge is 2.21. The molecule has 2 rings (SSSR count). The van der Waals surface area contributed by atoms with Gasteiger partial charge in [0.1, 0.15) is 5.75 Å². The Labute approximate surface area is 139 Å². The van der Waals surface area contributed by atoms with E-state index in [2.05, 4.69) is 22.5 Å². The van der Waals surface area contributed by atoms with Crippen LogP contribution in [0.5, 0.6) is 5.75 Å². The zero-order valence-corrected chi connectivity index (χ0v) is 14.5. The number of nitrogens with zero attached hydrogens (tertiary/aromatic N) is 1. The Hall–Kier alpha value is -1.75. The van der Waals surface area contributed by atoms with Gasteiger partial charge in [-0.3, -0.25) is 0 Å². The molecule has 1 saturated heterocycles. The molecule has 0 saturated carbocycles. The maximum absolute atomic E-state index is 12.0. The number of rotatable bonds is 7. The van der Waals surface area contributed by atoms with E-state index in [1.54, 1.807) is 0 Å². The van der Waals surface area contributed by atoms with Crippen molar-refractivity contribution in [3.05, 3.63) is 24.3 Å². The highest BCUT2D eigenvalue weighted by atomic mass is 16.5. The lowest BCUT2D eigenvalue weighted by Crippen LogP contribution is -2.34. The summed E-state index contributed by atoms with van der Waals surface area (Å²) in [5.74, 6) is 1.38. The first-order valence-electron chi connectivity index (χ1n) is 8.60. The standard InChI is InChI=1S/C18H29N3O2/c1-4-10-21-11-9-15(13-21)12-19-18(22)20-16-5-7-17(8-6-16)23-14(2)3/h5-8,14-15H,4,9-13H2,1-3H3,(H2,19,20,22)/t15-/m0/s1. The molecule has 1 aliphatic heterocycles. The molecule has 1 heterocycles. The van der Waals surface area contributed by atoms with Crippen LogP contribution in [0.3, 0.4) is 0 Å². The molecule has 0 aliphatic carbocycles. The van der Waals surface area contributed by atoms with Gasteiger partial charge in [0.15, 0.2) is 0 Å². The van der Waals surface area contributed by atoms with E-state index in [0.717, 1.165) is 37.6 Å². The third-order valence-electron chi connectivity index (χ3n) is 3.95. The van der Waals surface area contributed by atoms with Crippen molar-refractivity contribution in [3.63, 3.8) is 0 Å². The van der Waals surface area contributed by atoms with E-state index in [1.807, 2.05) is 38.1 Å². The third kappa shape index (κ3) is 6.10. The Morgan fingerprint density at radius 2 is 2.09 bits per heavy atom. The number of hydrogen-bond acceptors (Lipinski definition) is 3. The van der Waals surface area contributed by atoms with Crippen molar-refractivity contribution in [1.82, 2.24) is 10.2 Å². The first-order valence-corrected chi connectivity index (χ1v) is 8.60. The lowest BCUT2D eigenvalue weighted by Gasteiger charge is -2.15. The molecule has 2 amide bonds. The minimum Gasteiger partial charge on any atom is -0.491 e. The molecule has 0 unspecified atom stereocenters. The second kappa shape index (κ2) is 8.77. The lowest BCUT2D eigenvalue weighted by atomic mass is 10.1. The number of carbonyl (C=O) groups is 1. The van der Waals surface area contributed by atoms with Crippen LogP contribution >= 0.6 is 0 Å². The number of carbonyl (C=O) groups excluding carboxylic acids is 1. The van der Waals surface area contributed by atoms with Gasteiger partial charge in [0.2, 0.25) is 0 Å². The molecule has 0 spiro atoms. The molecule has 1 aliphatic rings. The van der Waals surface area contributed by atoms with E-state index >= 15 is 0 Å². The smallest absolute Gasteiger partial charge is 0.319 e. The molecule has 0 aromatic heterocycles. The average Bonchev–Trinajstić information content (AvgIpc) is 2.95. The van der Waals surface area contributed by atoms with Crippen molar-refractivity contribution >= 4 is 11.7 Å². The van der Waals surface area contributed by atoms with Gasteiger partial charge >= 0.3 is 6.03 Å². The summed E-state index contributed by atoms with van der Waals surface area (Å²) in [5, 5.41) is 5.84. The molecule has 0 bridgehead atoms. The van der Waals surface area contributed by atoms with Crippen LogP contribution < -0.4 is 15.4 Å². The van der Waals surface area contributed by atoms with Gasteiger partial charge in [0.25, 0.3) is 0 Å². The van der Waals surface area contributed by atoms with Gasteiger partial charge in [-0.2, -0.15) is 0 Å². The van der Waals surface area contributed by atoms with Crippen LogP contribution in [-0.2, 0) is 0 Å². The average molecular weight is 319 g/mol. The minimum absolute atomic E-state index is 0.142. The van der Waals surface area contributed by atoms with Gasteiger partial charge < -0.3 is 20.3 Å². The van der Waals surface area contributed by atoms with Gasteiger partial charge in [-0.1, -0.05) is 6.92 Å². The number of anilines is 1. The molecule has 5 nitrogen and oxygen atoms in total. The van der Waals surface area contributed by atoms with Crippen LogP contribution in [0.25, 0.3) is 0 Å². The molecule has 0 radical (unpaired) electrons. The quantitative estimate of drug-likeness (QED) is 0.810. The van der Waals surface area contributed by atoms with Crippen molar-refractivity contribution in [2.24, 2.45) is 5.92 Å². The first-order chi connectivity index (χ1) is 11.1.